The first-order valence-electron chi connectivity index (χ1n) is 8.19. The largest absolute Gasteiger partial charge is 0.462 e. The summed E-state index contributed by atoms with van der Waals surface area (Å²) < 4.78 is 10.4. The van der Waals surface area contributed by atoms with Crippen LogP contribution in [0.3, 0.4) is 0 Å². The fourth-order valence-corrected chi connectivity index (χ4v) is 2.12. The van der Waals surface area contributed by atoms with Crippen molar-refractivity contribution in [3.05, 3.63) is 71.3 Å². The molecule has 0 aliphatic rings. The first-order chi connectivity index (χ1) is 11.7. The third-order valence-electron chi connectivity index (χ3n) is 3.55. The topological polar surface area (TPSA) is 52.6 Å². The van der Waals surface area contributed by atoms with Crippen molar-refractivity contribution in [2.75, 3.05) is 13.2 Å². The van der Waals surface area contributed by atoms with E-state index >= 15 is 0 Å². The van der Waals surface area contributed by atoms with Gasteiger partial charge in [-0.15, -0.1) is 0 Å². The Labute approximate surface area is 142 Å². The first kappa shape index (κ1) is 17.7. The number of hydrogen-bond acceptors (Lipinski definition) is 4. The molecule has 4 nitrogen and oxygen atoms in total. The van der Waals surface area contributed by atoms with E-state index in [-0.39, 0.29) is 5.97 Å². The molecule has 0 N–H and O–H groups in total. The summed E-state index contributed by atoms with van der Waals surface area (Å²) in [5, 5.41) is 0. The molecule has 0 saturated carbocycles. The van der Waals surface area contributed by atoms with E-state index in [0.717, 1.165) is 18.4 Å². The van der Waals surface area contributed by atoms with Gasteiger partial charge in [-0.25, -0.2) is 9.59 Å². The number of hydrogen-bond donors (Lipinski definition) is 0. The lowest BCUT2D eigenvalue weighted by molar-refractivity contribution is 0.0489. The molecule has 0 aromatic heterocycles. The first-order valence-corrected chi connectivity index (χ1v) is 8.19. The van der Waals surface area contributed by atoms with Crippen molar-refractivity contribution in [1.82, 2.24) is 0 Å². The van der Waals surface area contributed by atoms with Gasteiger partial charge in [0.05, 0.1) is 24.3 Å². The summed E-state index contributed by atoms with van der Waals surface area (Å²) in [5.41, 5.74) is 1.98. The molecule has 4 heteroatoms. The molecule has 0 bridgehead atoms. The van der Waals surface area contributed by atoms with Crippen molar-refractivity contribution in [1.29, 1.82) is 0 Å². The molecule has 0 heterocycles. The van der Waals surface area contributed by atoms with Gasteiger partial charge >= 0.3 is 11.9 Å². The zero-order valence-electron chi connectivity index (χ0n) is 13.9. The fourth-order valence-electron chi connectivity index (χ4n) is 2.12. The molecule has 0 radical (unpaired) electrons. The summed E-state index contributed by atoms with van der Waals surface area (Å²) >= 11 is 0. The van der Waals surface area contributed by atoms with Crippen molar-refractivity contribution in [2.45, 2.75) is 26.2 Å². The van der Waals surface area contributed by atoms with E-state index in [2.05, 4.69) is 0 Å². The molecule has 24 heavy (non-hydrogen) atoms. The minimum atomic E-state index is -0.392. The van der Waals surface area contributed by atoms with Crippen LogP contribution in [0.1, 0.15) is 46.0 Å². The summed E-state index contributed by atoms with van der Waals surface area (Å²) in [4.78, 5) is 23.8. The van der Waals surface area contributed by atoms with E-state index in [1.807, 2.05) is 37.3 Å². The maximum Gasteiger partial charge on any atom is 0.338 e. The van der Waals surface area contributed by atoms with Gasteiger partial charge in [-0.2, -0.15) is 0 Å². The van der Waals surface area contributed by atoms with E-state index in [4.69, 9.17) is 9.47 Å². The quantitative estimate of drug-likeness (QED) is 0.542. The second-order valence-corrected chi connectivity index (χ2v) is 5.44. The third-order valence-corrected chi connectivity index (χ3v) is 3.55. The molecule has 0 amide bonds. The van der Waals surface area contributed by atoms with Crippen LogP contribution < -0.4 is 0 Å². The van der Waals surface area contributed by atoms with Crippen LogP contribution in [0.25, 0.3) is 0 Å². The predicted octanol–water partition coefficient (Wildman–Crippen LogP) is 4.04. The van der Waals surface area contributed by atoms with E-state index < -0.39 is 5.97 Å². The maximum absolute atomic E-state index is 12.0. The predicted molar refractivity (Wildman–Crippen MR) is 92.1 cm³/mol. The average molecular weight is 326 g/mol. The van der Waals surface area contributed by atoms with E-state index in [9.17, 15) is 9.59 Å². The van der Waals surface area contributed by atoms with Crippen LogP contribution in [0.4, 0.5) is 0 Å². The van der Waals surface area contributed by atoms with Crippen LogP contribution in [0, 0.1) is 0 Å². The summed E-state index contributed by atoms with van der Waals surface area (Å²) in [6.07, 6.45) is 2.49. The van der Waals surface area contributed by atoms with Gasteiger partial charge in [0.1, 0.15) is 0 Å². The van der Waals surface area contributed by atoms with Crippen LogP contribution in [0.15, 0.2) is 54.6 Å². The summed E-state index contributed by atoms with van der Waals surface area (Å²) in [7, 11) is 0. The van der Waals surface area contributed by atoms with Crippen molar-refractivity contribution in [3.8, 4) is 0 Å². The highest BCUT2D eigenvalue weighted by molar-refractivity contribution is 5.93. The normalized spacial score (nSPS) is 10.2. The van der Waals surface area contributed by atoms with E-state index in [0.29, 0.717) is 30.8 Å². The lowest BCUT2D eigenvalue weighted by Crippen LogP contribution is -2.10. The average Bonchev–Trinajstić information content (AvgIpc) is 2.63. The number of esters is 2. The highest BCUT2D eigenvalue weighted by Crippen LogP contribution is 2.09. The Balaban J connectivity index is 1.81. The molecule has 0 aliphatic heterocycles. The Bertz CT molecular complexity index is 647. The van der Waals surface area contributed by atoms with Gasteiger partial charge in [0.25, 0.3) is 0 Å². The van der Waals surface area contributed by atoms with Crippen LogP contribution in [0.5, 0.6) is 0 Å². The number of carbonyl (C=O) groups excluding carboxylic acids is 2. The summed E-state index contributed by atoms with van der Waals surface area (Å²) in [5.74, 6) is -0.760. The van der Waals surface area contributed by atoms with Gasteiger partial charge < -0.3 is 9.47 Å². The lowest BCUT2D eigenvalue weighted by Gasteiger charge is -2.06. The zero-order valence-corrected chi connectivity index (χ0v) is 13.9. The van der Waals surface area contributed by atoms with Crippen molar-refractivity contribution in [3.63, 3.8) is 0 Å². The van der Waals surface area contributed by atoms with Gasteiger partial charge in [-0.1, -0.05) is 43.7 Å². The number of ether oxygens (including phenoxy) is 2. The summed E-state index contributed by atoms with van der Waals surface area (Å²) in [6.45, 7) is 2.77. The zero-order chi connectivity index (χ0) is 17.2. The molecule has 2 rings (SSSR count). The monoisotopic (exact) mass is 326 g/mol. The van der Waals surface area contributed by atoms with Crippen LogP contribution in [0.2, 0.25) is 0 Å². The SMILES string of the molecule is CCCCOC(=O)c1ccc(C(=O)OCCc2ccccc2)cc1. The van der Waals surface area contributed by atoms with Crippen LogP contribution >= 0.6 is 0 Å². The number of unbranched alkanes of at least 4 members (excludes halogenated alkanes) is 1. The van der Waals surface area contributed by atoms with Gasteiger partial charge in [-0.3, -0.25) is 0 Å². The van der Waals surface area contributed by atoms with E-state index in [1.54, 1.807) is 24.3 Å². The molecule has 0 spiro atoms. The maximum atomic E-state index is 12.0. The van der Waals surface area contributed by atoms with Gasteiger partial charge in [0.15, 0.2) is 0 Å². The highest BCUT2D eigenvalue weighted by atomic mass is 16.5. The molecular formula is C20H22O4. The molecule has 126 valence electrons. The summed E-state index contributed by atoms with van der Waals surface area (Å²) in [6, 6.07) is 16.2. The Kier molecular flexibility index (Phi) is 7.02. The second-order valence-electron chi connectivity index (χ2n) is 5.44. The van der Waals surface area contributed by atoms with Gasteiger partial charge in [0, 0.05) is 6.42 Å². The fraction of sp³-hybridized carbons (Fsp3) is 0.300. The standard InChI is InChI=1S/C20H22O4/c1-2-3-14-23-19(21)17-9-11-18(12-10-17)20(22)24-15-13-16-7-5-4-6-8-16/h4-12H,2-3,13-15H2,1H3. The molecular weight excluding hydrogens is 304 g/mol. The molecule has 0 unspecified atom stereocenters. The van der Waals surface area contributed by atoms with Crippen LogP contribution in [-0.2, 0) is 15.9 Å². The molecule has 2 aromatic carbocycles. The minimum Gasteiger partial charge on any atom is -0.462 e. The molecule has 0 saturated heterocycles. The second kappa shape index (κ2) is 9.50. The highest BCUT2D eigenvalue weighted by Gasteiger charge is 2.10. The number of carbonyl (C=O) groups is 2. The van der Waals surface area contributed by atoms with E-state index in [1.165, 1.54) is 0 Å². The number of rotatable bonds is 8. The van der Waals surface area contributed by atoms with Gasteiger partial charge in [-0.05, 0) is 36.2 Å². The number of benzene rings is 2. The third kappa shape index (κ3) is 5.54. The van der Waals surface area contributed by atoms with Crippen molar-refractivity contribution in [2.24, 2.45) is 0 Å². The van der Waals surface area contributed by atoms with Gasteiger partial charge in [0.2, 0.25) is 0 Å². The molecule has 2 aromatic rings. The van der Waals surface area contributed by atoms with Crippen LogP contribution in [-0.4, -0.2) is 25.2 Å². The molecule has 0 aliphatic carbocycles. The smallest absolute Gasteiger partial charge is 0.338 e. The Morgan fingerprint density at radius 2 is 1.33 bits per heavy atom. The molecule has 0 atom stereocenters. The Hall–Kier alpha value is -2.62. The Morgan fingerprint density at radius 3 is 1.88 bits per heavy atom. The van der Waals surface area contributed by atoms with Crippen molar-refractivity contribution < 1.29 is 19.1 Å². The Morgan fingerprint density at radius 1 is 0.792 bits per heavy atom. The molecule has 0 fully saturated rings. The lowest BCUT2D eigenvalue weighted by atomic mass is 10.1. The minimum absolute atomic E-state index is 0.323. The van der Waals surface area contributed by atoms with Crippen molar-refractivity contribution >= 4 is 11.9 Å².